The number of nitrogens with one attached hydrogen (secondary N) is 2. The van der Waals surface area contributed by atoms with E-state index in [-0.39, 0.29) is 17.6 Å². The molecule has 6 heteroatoms. The Hall–Kier alpha value is -1.24. The van der Waals surface area contributed by atoms with Crippen molar-refractivity contribution >= 4 is 17.8 Å². The zero-order valence-electron chi connectivity index (χ0n) is 16.6. The highest BCUT2D eigenvalue weighted by atomic mass is 32.2. The summed E-state index contributed by atoms with van der Waals surface area (Å²) in [6, 6.07) is 10.3. The molecule has 3 rings (SSSR count). The number of hydrogen-bond acceptors (Lipinski definition) is 4. The molecule has 5 nitrogen and oxygen atoms in total. The molecule has 0 bridgehead atoms. The van der Waals surface area contributed by atoms with Crippen LogP contribution in [0.2, 0.25) is 0 Å². The van der Waals surface area contributed by atoms with E-state index in [1.54, 1.807) is 0 Å². The first-order valence-electron chi connectivity index (χ1n) is 10.1. The van der Waals surface area contributed by atoms with Crippen LogP contribution >= 0.6 is 11.8 Å². The van der Waals surface area contributed by atoms with Crippen LogP contribution in [0.5, 0.6) is 0 Å². The van der Waals surface area contributed by atoms with Crippen LogP contribution < -0.4 is 10.6 Å². The molecule has 2 heterocycles. The van der Waals surface area contributed by atoms with Crippen LogP contribution in [-0.4, -0.2) is 60.8 Å². The summed E-state index contributed by atoms with van der Waals surface area (Å²) in [5.41, 5.74) is 1.24. The van der Waals surface area contributed by atoms with Gasteiger partial charge in [0.2, 0.25) is 0 Å². The topological polar surface area (TPSA) is 53.6 Å². The molecule has 0 saturated carbocycles. The molecule has 1 aromatic rings. The monoisotopic (exact) mass is 391 g/mol. The zero-order valence-corrected chi connectivity index (χ0v) is 17.4. The van der Waals surface area contributed by atoms with E-state index in [9.17, 15) is 4.79 Å². The maximum absolute atomic E-state index is 12.7. The highest BCUT2D eigenvalue weighted by Gasteiger charge is 2.40. The van der Waals surface area contributed by atoms with Gasteiger partial charge in [-0.15, -0.1) is 0 Å². The zero-order chi connectivity index (χ0) is 19.1. The molecule has 0 aliphatic carbocycles. The molecule has 2 N–H and O–H groups in total. The number of ether oxygens (including phenoxy) is 1. The highest BCUT2D eigenvalue weighted by molar-refractivity contribution is 7.99. The molecule has 2 amide bonds. The number of benzene rings is 1. The second-order valence-electron chi connectivity index (χ2n) is 8.05. The Morgan fingerprint density at radius 2 is 2.00 bits per heavy atom. The van der Waals surface area contributed by atoms with Crippen LogP contribution in [0.15, 0.2) is 30.3 Å². The first-order valence-corrected chi connectivity index (χ1v) is 11.2. The number of rotatable bonds is 7. The van der Waals surface area contributed by atoms with Crippen molar-refractivity contribution in [1.29, 1.82) is 0 Å². The van der Waals surface area contributed by atoms with Crippen molar-refractivity contribution in [2.45, 2.75) is 38.3 Å². The Balaban J connectivity index is 1.59. The summed E-state index contributed by atoms with van der Waals surface area (Å²) in [5, 5.41) is 6.40. The predicted octanol–water partition coefficient (Wildman–Crippen LogP) is 3.28. The van der Waals surface area contributed by atoms with Crippen LogP contribution in [0, 0.1) is 5.92 Å². The lowest BCUT2D eigenvalue weighted by Gasteiger charge is -2.43. The van der Waals surface area contributed by atoms with Gasteiger partial charge in [0.15, 0.2) is 0 Å². The maximum atomic E-state index is 12.7. The summed E-state index contributed by atoms with van der Waals surface area (Å²) in [5.74, 6) is 2.77. The minimum Gasteiger partial charge on any atom is -0.379 e. The highest BCUT2D eigenvalue weighted by Crippen LogP contribution is 2.33. The maximum Gasteiger partial charge on any atom is 0.315 e. The number of nitrogens with zero attached hydrogens (tertiary/aromatic N) is 1. The van der Waals surface area contributed by atoms with E-state index in [4.69, 9.17) is 4.74 Å². The van der Waals surface area contributed by atoms with E-state index >= 15 is 0 Å². The number of carbonyl (C=O) groups excluding carboxylic acids is 1. The summed E-state index contributed by atoms with van der Waals surface area (Å²) in [6.07, 6.45) is 2.06. The minimum absolute atomic E-state index is 0.0449. The van der Waals surface area contributed by atoms with Gasteiger partial charge in [-0.3, -0.25) is 4.90 Å². The van der Waals surface area contributed by atoms with Gasteiger partial charge in [-0.2, -0.15) is 11.8 Å². The van der Waals surface area contributed by atoms with Crippen molar-refractivity contribution in [2.24, 2.45) is 5.92 Å². The van der Waals surface area contributed by atoms with Crippen molar-refractivity contribution in [3.8, 4) is 0 Å². The Labute approximate surface area is 167 Å². The summed E-state index contributed by atoms with van der Waals surface area (Å²) >= 11 is 1.99. The van der Waals surface area contributed by atoms with E-state index in [1.807, 2.05) is 30.0 Å². The molecule has 2 unspecified atom stereocenters. The molecule has 0 spiro atoms. The van der Waals surface area contributed by atoms with Gasteiger partial charge in [-0.25, -0.2) is 4.79 Å². The third-order valence-electron chi connectivity index (χ3n) is 5.56. The van der Waals surface area contributed by atoms with Gasteiger partial charge >= 0.3 is 6.03 Å². The van der Waals surface area contributed by atoms with Crippen molar-refractivity contribution in [1.82, 2.24) is 15.5 Å². The van der Waals surface area contributed by atoms with Crippen molar-refractivity contribution < 1.29 is 9.53 Å². The number of urea groups is 1. The van der Waals surface area contributed by atoms with Crippen LogP contribution in [0.1, 0.15) is 38.3 Å². The average Bonchev–Trinajstić information content (AvgIpc) is 3.17. The van der Waals surface area contributed by atoms with Crippen molar-refractivity contribution in [3.05, 3.63) is 35.9 Å². The van der Waals surface area contributed by atoms with Crippen LogP contribution in [0.3, 0.4) is 0 Å². The molecule has 1 aromatic carbocycles. The molecular weight excluding hydrogens is 358 g/mol. The first-order chi connectivity index (χ1) is 13.1. The van der Waals surface area contributed by atoms with Gasteiger partial charge in [0.1, 0.15) is 0 Å². The Bertz CT molecular complexity index is 584. The van der Waals surface area contributed by atoms with Gasteiger partial charge in [0.25, 0.3) is 0 Å². The molecule has 2 aliphatic rings. The third-order valence-corrected chi connectivity index (χ3v) is 6.79. The fourth-order valence-corrected chi connectivity index (χ4v) is 5.50. The van der Waals surface area contributed by atoms with E-state index in [2.05, 4.69) is 41.5 Å². The lowest BCUT2D eigenvalue weighted by Crippen LogP contribution is -2.60. The second-order valence-corrected chi connectivity index (χ2v) is 9.15. The normalized spacial score (nSPS) is 24.7. The molecule has 150 valence electrons. The van der Waals surface area contributed by atoms with Crippen LogP contribution in [0.4, 0.5) is 4.79 Å². The number of morpholine rings is 1. The summed E-state index contributed by atoms with van der Waals surface area (Å²) in [7, 11) is 0. The fourth-order valence-electron chi connectivity index (χ4n) is 4.02. The van der Waals surface area contributed by atoms with Crippen molar-refractivity contribution in [3.63, 3.8) is 0 Å². The number of amides is 2. The Morgan fingerprint density at radius 1 is 1.26 bits per heavy atom. The average molecular weight is 392 g/mol. The van der Waals surface area contributed by atoms with Crippen LogP contribution in [0.25, 0.3) is 0 Å². The molecule has 0 radical (unpaired) electrons. The van der Waals surface area contributed by atoms with Gasteiger partial charge in [-0.1, -0.05) is 44.2 Å². The molecule has 2 saturated heterocycles. The molecule has 27 heavy (non-hydrogen) atoms. The Kier molecular flexibility index (Phi) is 7.44. The Morgan fingerprint density at radius 3 is 2.63 bits per heavy atom. The standard InChI is InChI=1S/C21H33N3O2S/c1-17(2)14-19(18-6-4-3-5-7-18)23-20(25)22-15-21(8-13-27-16-21)24-9-11-26-12-10-24/h3-7,17,19H,8-16H2,1-2H3,(H2,22,23,25). The first kappa shape index (κ1) is 20.5. The fraction of sp³-hybridized carbons (Fsp3) is 0.667. The van der Waals surface area contributed by atoms with E-state index in [0.717, 1.165) is 44.9 Å². The third kappa shape index (κ3) is 5.62. The van der Waals surface area contributed by atoms with E-state index in [0.29, 0.717) is 12.5 Å². The molecule has 2 atom stereocenters. The number of carbonyl (C=O) groups is 1. The predicted molar refractivity (Wildman–Crippen MR) is 112 cm³/mol. The second kappa shape index (κ2) is 9.80. The number of hydrogen-bond donors (Lipinski definition) is 2. The molecule has 2 fully saturated rings. The van der Waals surface area contributed by atoms with Gasteiger partial charge in [0, 0.05) is 30.9 Å². The van der Waals surface area contributed by atoms with Gasteiger partial charge < -0.3 is 15.4 Å². The summed E-state index contributed by atoms with van der Waals surface area (Å²) in [4.78, 5) is 15.2. The largest absolute Gasteiger partial charge is 0.379 e. The van der Waals surface area contributed by atoms with Crippen LogP contribution in [-0.2, 0) is 4.74 Å². The number of thioether (sulfide) groups is 1. The van der Waals surface area contributed by atoms with E-state index in [1.165, 1.54) is 11.3 Å². The van der Waals surface area contributed by atoms with Gasteiger partial charge in [-0.05, 0) is 30.1 Å². The van der Waals surface area contributed by atoms with E-state index < -0.39 is 0 Å². The quantitative estimate of drug-likeness (QED) is 0.749. The molecular formula is C21H33N3O2S. The lowest BCUT2D eigenvalue weighted by atomic mass is 9.95. The van der Waals surface area contributed by atoms with Crippen molar-refractivity contribution in [2.75, 3.05) is 44.4 Å². The molecule has 0 aromatic heterocycles. The summed E-state index contributed by atoms with van der Waals surface area (Å²) < 4.78 is 5.52. The van der Waals surface area contributed by atoms with Gasteiger partial charge in [0.05, 0.1) is 19.3 Å². The smallest absolute Gasteiger partial charge is 0.315 e. The lowest BCUT2D eigenvalue weighted by molar-refractivity contribution is -0.0124. The minimum atomic E-state index is -0.0611. The molecule has 2 aliphatic heterocycles. The SMILES string of the molecule is CC(C)CC(NC(=O)NCC1(N2CCOCC2)CCSC1)c1ccccc1. The summed E-state index contributed by atoms with van der Waals surface area (Å²) in [6.45, 7) is 8.60.